The van der Waals surface area contributed by atoms with Crippen molar-refractivity contribution >= 4 is 10.9 Å². The van der Waals surface area contributed by atoms with Gasteiger partial charge in [0, 0.05) is 17.6 Å². The fraction of sp³-hybridized carbons (Fsp3) is 0.500. The lowest BCUT2D eigenvalue weighted by atomic mass is 9.90. The third kappa shape index (κ3) is 2.85. The summed E-state index contributed by atoms with van der Waals surface area (Å²) >= 11 is 0. The van der Waals surface area contributed by atoms with Gasteiger partial charge in [-0.05, 0) is 61.4 Å². The molecule has 1 aromatic heterocycles. The van der Waals surface area contributed by atoms with Crippen molar-refractivity contribution in [2.24, 2.45) is 11.8 Å². The molecule has 3 rings (SSSR count). The van der Waals surface area contributed by atoms with Crippen molar-refractivity contribution in [3.8, 4) is 0 Å². The standard InChI is InChI=1S/C18H24N2/c1-3-10-20-18(13(2)14-6-7-14)16-8-9-17-15(12-16)5-4-11-19-17/h4-5,8-9,11-14,18,20H,3,6-7,10H2,1-2H3. The van der Waals surface area contributed by atoms with Crippen molar-refractivity contribution in [1.82, 2.24) is 10.3 Å². The summed E-state index contributed by atoms with van der Waals surface area (Å²) in [6.07, 6.45) is 5.85. The molecule has 1 heterocycles. The van der Waals surface area contributed by atoms with Crippen LogP contribution in [0.4, 0.5) is 0 Å². The second-order valence-corrected chi connectivity index (χ2v) is 6.08. The molecule has 2 heteroatoms. The Balaban J connectivity index is 1.90. The van der Waals surface area contributed by atoms with Crippen LogP contribution in [-0.2, 0) is 0 Å². The van der Waals surface area contributed by atoms with Crippen molar-refractivity contribution in [3.05, 3.63) is 42.1 Å². The average Bonchev–Trinajstić information content (AvgIpc) is 3.32. The van der Waals surface area contributed by atoms with Gasteiger partial charge in [-0.25, -0.2) is 0 Å². The van der Waals surface area contributed by atoms with Gasteiger partial charge < -0.3 is 5.32 Å². The molecular weight excluding hydrogens is 244 g/mol. The van der Waals surface area contributed by atoms with Crippen molar-refractivity contribution < 1.29 is 0 Å². The van der Waals surface area contributed by atoms with Gasteiger partial charge in [-0.2, -0.15) is 0 Å². The predicted octanol–water partition coefficient (Wildman–Crippen LogP) is 4.32. The highest BCUT2D eigenvalue weighted by atomic mass is 14.9. The van der Waals surface area contributed by atoms with E-state index in [1.54, 1.807) is 0 Å². The van der Waals surface area contributed by atoms with Crippen LogP contribution in [0.15, 0.2) is 36.5 Å². The molecule has 2 aromatic rings. The Bertz CT molecular complexity index is 574. The number of hydrogen-bond donors (Lipinski definition) is 1. The Kier molecular flexibility index (Phi) is 4.02. The van der Waals surface area contributed by atoms with Gasteiger partial charge >= 0.3 is 0 Å². The van der Waals surface area contributed by atoms with Gasteiger partial charge in [0.1, 0.15) is 0 Å². The fourth-order valence-electron chi connectivity index (χ4n) is 3.09. The first-order valence-electron chi connectivity index (χ1n) is 7.87. The van der Waals surface area contributed by atoms with E-state index in [4.69, 9.17) is 0 Å². The molecule has 0 saturated heterocycles. The minimum atomic E-state index is 0.479. The molecule has 1 saturated carbocycles. The van der Waals surface area contributed by atoms with E-state index in [1.807, 2.05) is 12.3 Å². The smallest absolute Gasteiger partial charge is 0.0702 e. The molecule has 0 aliphatic heterocycles. The molecule has 1 fully saturated rings. The molecule has 1 aliphatic rings. The maximum atomic E-state index is 4.42. The van der Waals surface area contributed by atoms with E-state index >= 15 is 0 Å². The third-order valence-corrected chi connectivity index (χ3v) is 4.49. The first kappa shape index (κ1) is 13.6. The molecule has 1 aliphatic carbocycles. The summed E-state index contributed by atoms with van der Waals surface area (Å²) in [4.78, 5) is 4.42. The molecule has 20 heavy (non-hydrogen) atoms. The molecule has 0 radical (unpaired) electrons. The highest BCUT2D eigenvalue weighted by molar-refractivity contribution is 5.79. The summed E-state index contributed by atoms with van der Waals surface area (Å²) in [5, 5.41) is 5.00. The predicted molar refractivity (Wildman–Crippen MR) is 84.7 cm³/mol. The van der Waals surface area contributed by atoms with Gasteiger partial charge in [-0.3, -0.25) is 4.98 Å². The average molecular weight is 268 g/mol. The number of hydrogen-bond acceptors (Lipinski definition) is 2. The third-order valence-electron chi connectivity index (χ3n) is 4.49. The number of pyridine rings is 1. The van der Waals surface area contributed by atoms with Crippen LogP contribution in [0.5, 0.6) is 0 Å². The molecule has 1 aromatic carbocycles. The van der Waals surface area contributed by atoms with Crippen LogP contribution in [0.1, 0.15) is 44.7 Å². The molecule has 0 spiro atoms. The number of fused-ring (bicyclic) bond motifs is 1. The maximum Gasteiger partial charge on any atom is 0.0702 e. The van der Waals surface area contributed by atoms with Gasteiger partial charge in [0.05, 0.1) is 5.52 Å². The number of aromatic nitrogens is 1. The lowest BCUT2D eigenvalue weighted by Crippen LogP contribution is -2.28. The quantitative estimate of drug-likeness (QED) is 0.844. The van der Waals surface area contributed by atoms with E-state index < -0.39 is 0 Å². The van der Waals surface area contributed by atoms with Gasteiger partial charge in [0.2, 0.25) is 0 Å². The van der Waals surface area contributed by atoms with Crippen molar-refractivity contribution in [2.45, 2.75) is 39.2 Å². The Labute approximate surface area is 121 Å². The van der Waals surface area contributed by atoms with Crippen LogP contribution in [-0.4, -0.2) is 11.5 Å². The van der Waals surface area contributed by atoms with Crippen LogP contribution in [0.2, 0.25) is 0 Å². The van der Waals surface area contributed by atoms with Crippen LogP contribution in [0, 0.1) is 11.8 Å². The van der Waals surface area contributed by atoms with E-state index in [1.165, 1.54) is 30.2 Å². The number of nitrogens with one attached hydrogen (secondary N) is 1. The Morgan fingerprint density at radius 2 is 2.15 bits per heavy atom. The highest BCUT2D eigenvalue weighted by Gasteiger charge is 2.33. The highest BCUT2D eigenvalue weighted by Crippen LogP contribution is 2.42. The van der Waals surface area contributed by atoms with Gasteiger partial charge in [-0.15, -0.1) is 0 Å². The number of nitrogens with zero attached hydrogens (tertiary/aromatic N) is 1. The van der Waals surface area contributed by atoms with E-state index in [2.05, 4.69) is 48.4 Å². The van der Waals surface area contributed by atoms with Crippen molar-refractivity contribution in [3.63, 3.8) is 0 Å². The van der Waals surface area contributed by atoms with E-state index in [9.17, 15) is 0 Å². The van der Waals surface area contributed by atoms with Gasteiger partial charge in [0.25, 0.3) is 0 Å². The van der Waals surface area contributed by atoms with E-state index in [0.29, 0.717) is 6.04 Å². The largest absolute Gasteiger partial charge is 0.310 e. The van der Waals surface area contributed by atoms with Crippen molar-refractivity contribution in [2.75, 3.05) is 6.54 Å². The topological polar surface area (TPSA) is 24.9 Å². The fourth-order valence-corrected chi connectivity index (χ4v) is 3.09. The zero-order valence-electron chi connectivity index (χ0n) is 12.5. The second-order valence-electron chi connectivity index (χ2n) is 6.08. The van der Waals surface area contributed by atoms with Crippen molar-refractivity contribution in [1.29, 1.82) is 0 Å². The van der Waals surface area contributed by atoms with Crippen LogP contribution < -0.4 is 5.32 Å². The monoisotopic (exact) mass is 268 g/mol. The number of benzene rings is 1. The Morgan fingerprint density at radius 3 is 2.90 bits per heavy atom. The summed E-state index contributed by atoms with van der Waals surface area (Å²) in [5.41, 5.74) is 2.50. The van der Waals surface area contributed by atoms with Gasteiger partial charge in [-0.1, -0.05) is 26.0 Å². The summed E-state index contributed by atoms with van der Waals surface area (Å²) in [5.74, 6) is 1.63. The zero-order chi connectivity index (χ0) is 13.9. The van der Waals surface area contributed by atoms with Crippen LogP contribution >= 0.6 is 0 Å². The molecule has 1 N–H and O–H groups in total. The molecular formula is C18H24N2. The zero-order valence-corrected chi connectivity index (χ0v) is 12.5. The summed E-state index contributed by atoms with van der Waals surface area (Å²) < 4.78 is 0. The van der Waals surface area contributed by atoms with E-state index in [-0.39, 0.29) is 0 Å². The molecule has 2 atom stereocenters. The normalized spacial score (nSPS) is 18.1. The van der Waals surface area contributed by atoms with E-state index in [0.717, 1.165) is 23.9 Å². The summed E-state index contributed by atoms with van der Waals surface area (Å²) in [7, 11) is 0. The SMILES string of the molecule is CCCNC(c1ccc2ncccc2c1)C(C)C1CC1. The number of rotatable bonds is 6. The molecule has 106 valence electrons. The molecule has 0 amide bonds. The first-order valence-corrected chi connectivity index (χ1v) is 7.87. The Morgan fingerprint density at radius 1 is 1.30 bits per heavy atom. The van der Waals surface area contributed by atoms with Gasteiger partial charge in [0.15, 0.2) is 0 Å². The summed E-state index contributed by atoms with van der Waals surface area (Å²) in [6, 6.07) is 11.4. The maximum absolute atomic E-state index is 4.42. The van der Waals surface area contributed by atoms with Crippen LogP contribution in [0.3, 0.4) is 0 Å². The minimum absolute atomic E-state index is 0.479. The second kappa shape index (κ2) is 5.92. The lowest BCUT2D eigenvalue weighted by molar-refractivity contribution is 0.350. The minimum Gasteiger partial charge on any atom is -0.310 e. The molecule has 2 nitrogen and oxygen atoms in total. The van der Waals surface area contributed by atoms with Crippen LogP contribution in [0.25, 0.3) is 10.9 Å². The lowest BCUT2D eigenvalue weighted by Gasteiger charge is -2.26. The first-order chi connectivity index (χ1) is 9.79. The molecule has 2 unspecified atom stereocenters. The molecule has 0 bridgehead atoms. The Hall–Kier alpha value is -1.41. The summed E-state index contributed by atoms with van der Waals surface area (Å²) in [6.45, 7) is 5.72.